The number of halogens is 4. The van der Waals surface area contributed by atoms with Gasteiger partial charge < -0.3 is 4.74 Å². The van der Waals surface area contributed by atoms with Crippen LogP contribution in [0.15, 0.2) is 73.4 Å². The largest absolute Gasteiger partial charge is 0.486 e. The van der Waals surface area contributed by atoms with Gasteiger partial charge in [-0.05, 0) is 69.5 Å². The van der Waals surface area contributed by atoms with Crippen molar-refractivity contribution in [3.8, 4) is 5.75 Å². The van der Waals surface area contributed by atoms with Crippen LogP contribution in [0.1, 0.15) is 23.9 Å². The molecule has 5 nitrogen and oxygen atoms in total. The minimum atomic E-state index is -0.329. The van der Waals surface area contributed by atoms with E-state index >= 15 is 0 Å². The molecule has 0 saturated carbocycles. The van der Waals surface area contributed by atoms with Crippen molar-refractivity contribution in [1.29, 1.82) is 0 Å². The maximum Gasteiger partial charge on any atom is 0.282 e. The minimum absolute atomic E-state index is 0.164. The number of hydrogen-bond acceptors (Lipinski definition) is 4. The third-order valence-electron chi connectivity index (χ3n) is 4.81. The summed E-state index contributed by atoms with van der Waals surface area (Å²) in [7, 11) is 0. The number of aryl methyl sites for hydroxylation is 1. The van der Waals surface area contributed by atoms with E-state index in [1.165, 1.54) is 16.8 Å². The Labute approximate surface area is 211 Å². The first-order chi connectivity index (χ1) is 15.9. The Hall–Kier alpha value is -2.55. The Morgan fingerprint density at radius 2 is 2.00 bits per heavy atom. The maximum absolute atomic E-state index is 13.4. The maximum atomic E-state index is 13.4. The molecule has 0 aliphatic heterocycles. The molecule has 0 atom stereocenters. The Balaban J connectivity index is 1.63. The quantitative estimate of drug-likeness (QED) is 0.233. The second kappa shape index (κ2) is 10.2. The van der Waals surface area contributed by atoms with Gasteiger partial charge in [0.05, 0.1) is 26.6 Å². The fraction of sp³-hybridized carbons (Fsp3) is 0.125. The molecule has 0 aliphatic rings. The average molecular weight is 594 g/mol. The standard InChI is InChI=1S/C24H17Br2ClFN3O2/c1-2-22-30-21-7-6-16(25)11-18(21)24(32)31(22)29-12-15-9-19(26)23(20(27)10-15)33-13-14-4-3-5-17(28)8-14/h3-12H,2,13H2,1H3. The molecule has 3 aromatic carbocycles. The smallest absolute Gasteiger partial charge is 0.282 e. The van der Waals surface area contributed by atoms with Crippen molar-refractivity contribution in [2.24, 2.45) is 5.10 Å². The molecule has 4 rings (SSSR count). The van der Waals surface area contributed by atoms with Crippen LogP contribution in [0.3, 0.4) is 0 Å². The van der Waals surface area contributed by atoms with Crippen LogP contribution in [0.5, 0.6) is 5.75 Å². The molecule has 0 aliphatic carbocycles. The SMILES string of the molecule is CCc1nc2ccc(Br)cc2c(=O)n1N=Cc1cc(Cl)c(OCc2cccc(F)c2)c(Br)c1. The second-order valence-corrected chi connectivity index (χ2v) is 9.31. The fourth-order valence-electron chi connectivity index (χ4n) is 3.24. The monoisotopic (exact) mass is 591 g/mol. The van der Waals surface area contributed by atoms with E-state index in [2.05, 4.69) is 41.9 Å². The zero-order chi connectivity index (χ0) is 23.5. The molecule has 1 aromatic heterocycles. The summed E-state index contributed by atoms with van der Waals surface area (Å²) in [5.41, 5.74) is 1.71. The summed E-state index contributed by atoms with van der Waals surface area (Å²) in [6.07, 6.45) is 2.08. The van der Waals surface area contributed by atoms with E-state index in [0.717, 1.165) is 4.47 Å². The van der Waals surface area contributed by atoms with Crippen LogP contribution < -0.4 is 10.3 Å². The second-order valence-electron chi connectivity index (χ2n) is 7.14. The number of fused-ring (bicyclic) bond motifs is 1. The highest BCUT2D eigenvalue weighted by Crippen LogP contribution is 2.34. The molecule has 0 unspecified atom stereocenters. The highest BCUT2D eigenvalue weighted by molar-refractivity contribution is 9.10. The Morgan fingerprint density at radius 3 is 2.73 bits per heavy atom. The van der Waals surface area contributed by atoms with E-state index in [9.17, 15) is 9.18 Å². The molecule has 168 valence electrons. The molecule has 0 radical (unpaired) electrons. The van der Waals surface area contributed by atoms with Gasteiger partial charge in [-0.3, -0.25) is 4.79 Å². The summed E-state index contributed by atoms with van der Waals surface area (Å²) >= 11 is 13.3. The van der Waals surface area contributed by atoms with Crippen molar-refractivity contribution in [3.63, 3.8) is 0 Å². The van der Waals surface area contributed by atoms with Gasteiger partial charge in [-0.2, -0.15) is 9.78 Å². The lowest BCUT2D eigenvalue weighted by molar-refractivity contribution is 0.304. The molecule has 0 spiro atoms. The Bertz CT molecular complexity index is 1420. The number of aromatic nitrogens is 2. The average Bonchev–Trinajstić information content (AvgIpc) is 2.78. The lowest BCUT2D eigenvalue weighted by Gasteiger charge is -2.11. The van der Waals surface area contributed by atoms with Crippen molar-refractivity contribution in [1.82, 2.24) is 9.66 Å². The van der Waals surface area contributed by atoms with Gasteiger partial charge in [-0.1, -0.05) is 46.6 Å². The van der Waals surface area contributed by atoms with Crippen molar-refractivity contribution < 1.29 is 9.13 Å². The molecule has 9 heteroatoms. The Morgan fingerprint density at radius 1 is 1.18 bits per heavy atom. The molecule has 33 heavy (non-hydrogen) atoms. The number of ether oxygens (including phenoxy) is 1. The molecular weight excluding hydrogens is 577 g/mol. The molecule has 0 fully saturated rings. The predicted octanol–water partition coefficient (Wildman–Crippen LogP) is 6.74. The summed E-state index contributed by atoms with van der Waals surface area (Å²) in [6.45, 7) is 2.08. The lowest BCUT2D eigenvalue weighted by Crippen LogP contribution is -2.22. The van der Waals surface area contributed by atoms with Gasteiger partial charge in [0.25, 0.3) is 5.56 Å². The van der Waals surface area contributed by atoms with Crippen molar-refractivity contribution in [3.05, 3.63) is 102 Å². The van der Waals surface area contributed by atoms with Crippen LogP contribution in [0.4, 0.5) is 4.39 Å². The van der Waals surface area contributed by atoms with Crippen LogP contribution in [-0.4, -0.2) is 15.9 Å². The summed E-state index contributed by atoms with van der Waals surface area (Å²) in [5, 5.41) is 5.21. The van der Waals surface area contributed by atoms with Crippen molar-refractivity contribution in [2.45, 2.75) is 20.0 Å². The molecular formula is C24H17Br2ClFN3O2. The first kappa shape index (κ1) is 23.6. The van der Waals surface area contributed by atoms with Gasteiger partial charge in [0.15, 0.2) is 5.75 Å². The van der Waals surface area contributed by atoms with Gasteiger partial charge in [0.2, 0.25) is 0 Å². The number of hydrogen-bond donors (Lipinski definition) is 0. The number of benzene rings is 3. The minimum Gasteiger partial charge on any atom is -0.486 e. The highest BCUT2D eigenvalue weighted by atomic mass is 79.9. The van der Waals surface area contributed by atoms with Gasteiger partial charge in [-0.15, -0.1) is 0 Å². The van der Waals surface area contributed by atoms with Crippen LogP contribution >= 0.6 is 43.5 Å². The molecule has 4 aromatic rings. The van der Waals surface area contributed by atoms with E-state index in [1.807, 2.05) is 13.0 Å². The van der Waals surface area contributed by atoms with Gasteiger partial charge in [-0.25, -0.2) is 9.37 Å². The first-order valence-electron chi connectivity index (χ1n) is 9.97. The first-order valence-corrected chi connectivity index (χ1v) is 11.9. The molecule has 0 bridgehead atoms. The highest BCUT2D eigenvalue weighted by Gasteiger charge is 2.12. The van der Waals surface area contributed by atoms with E-state index in [-0.39, 0.29) is 18.0 Å². The van der Waals surface area contributed by atoms with E-state index in [4.69, 9.17) is 16.3 Å². The van der Waals surface area contributed by atoms with Gasteiger partial charge >= 0.3 is 0 Å². The van der Waals surface area contributed by atoms with E-state index in [0.29, 0.717) is 49.5 Å². The third kappa shape index (κ3) is 5.34. The molecule has 0 saturated heterocycles. The topological polar surface area (TPSA) is 56.5 Å². The molecule has 0 N–H and O–H groups in total. The van der Waals surface area contributed by atoms with Crippen molar-refractivity contribution in [2.75, 3.05) is 0 Å². The van der Waals surface area contributed by atoms with Gasteiger partial charge in [0, 0.05) is 10.9 Å². The number of rotatable bonds is 6. The summed E-state index contributed by atoms with van der Waals surface area (Å²) in [4.78, 5) is 17.6. The van der Waals surface area contributed by atoms with Crippen LogP contribution in [0.2, 0.25) is 5.02 Å². The molecule has 0 amide bonds. The van der Waals surface area contributed by atoms with Gasteiger partial charge in [0.1, 0.15) is 18.2 Å². The predicted molar refractivity (Wildman–Crippen MR) is 136 cm³/mol. The van der Waals surface area contributed by atoms with E-state index in [1.54, 1.807) is 42.6 Å². The summed E-state index contributed by atoms with van der Waals surface area (Å²) < 4.78 is 21.9. The normalized spacial score (nSPS) is 11.4. The zero-order valence-electron chi connectivity index (χ0n) is 17.4. The van der Waals surface area contributed by atoms with Crippen LogP contribution in [-0.2, 0) is 13.0 Å². The number of nitrogens with zero attached hydrogens (tertiary/aromatic N) is 3. The third-order valence-corrected chi connectivity index (χ3v) is 6.17. The zero-order valence-corrected chi connectivity index (χ0v) is 21.3. The van der Waals surface area contributed by atoms with Crippen LogP contribution in [0, 0.1) is 5.82 Å². The van der Waals surface area contributed by atoms with Crippen molar-refractivity contribution >= 4 is 60.6 Å². The van der Waals surface area contributed by atoms with Crippen LogP contribution in [0.25, 0.3) is 10.9 Å². The van der Waals surface area contributed by atoms with E-state index < -0.39 is 0 Å². The summed E-state index contributed by atoms with van der Waals surface area (Å²) in [5.74, 6) is 0.651. The fourth-order valence-corrected chi connectivity index (χ4v) is 4.59. The summed E-state index contributed by atoms with van der Waals surface area (Å²) in [6, 6.07) is 15.0. The lowest BCUT2D eigenvalue weighted by atomic mass is 10.2. The molecule has 1 heterocycles. The Kier molecular flexibility index (Phi) is 7.26.